The van der Waals surface area contributed by atoms with E-state index in [2.05, 4.69) is 5.32 Å². The van der Waals surface area contributed by atoms with Crippen molar-refractivity contribution in [2.45, 2.75) is 38.6 Å². The molecule has 1 saturated carbocycles. The number of carboxylic acids is 1. The van der Waals surface area contributed by atoms with Gasteiger partial charge in [-0.25, -0.2) is 0 Å². The minimum atomic E-state index is -1.20. The fourth-order valence-electron chi connectivity index (χ4n) is 2.21. The standard InChI is InChI=1S/C13H17NO4/c1-9(8-10-4-2-7-18-10)14-11(15)13(12(16)17)5-3-6-13/h2,4,7,9H,3,5-6,8H2,1H3,(H,14,15)(H,16,17). The van der Waals surface area contributed by atoms with Crippen LogP contribution >= 0.6 is 0 Å². The molecule has 1 aromatic heterocycles. The molecule has 5 nitrogen and oxygen atoms in total. The third-order valence-electron chi connectivity index (χ3n) is 3.52. The van der Waals surface area contributed by atoms with Gasteiger partial charge in [-0.1, -0.05) is 6.42 Å². The summed E-state index contributed by atoms with van der Waals surface area (Å²) in [5, 5.41) is 11.9. The summed E-state index contributed by atoms with van der Waals surface area (Å²) in [6.07, 6.45) is 3.80. The predicted octanol–water partition coefficient (Wildman–Crippen LogP) is 1.58. The summed E-state index contributed by atoms with van der Waals surface area (Å²) in [5.74, 6) is -0.613. The minimum Gasteiger partial charge on any atom is -0.480 e. The lowest BCUT2D eigenvalue weighted by molar-refractivity contribution is -0.162. The number of carbonyl (C=O) groups excluding carboxylic acids is 1. The quantitative estimate of drug-likeness (QED) is 0.779. The maximum Gasteiger partial charge on any atom is 0.319 e. The van der Waals surface area contributed by atoms with Gasteiger partial charge in [-0.15, -0.1) is 0 Å². The lowest BCUT2D eigenvalue weighted by Crippen LogP contribution is -2.53. The molecule has 1 aliphatic rings. The van der Waals surface area contributed by atoms with Crippen molar-refractivity contribution in [3.63, 3.8) is 0 Å². The zero-order chi connectivity index (χ0) is 13.2. The monoisotopic (exact) mass is 251 g/mol. The summed E-state index contributed by atoms with van der Waals surface area (Å²) in [5.41, 5.74) is -1.20. The Morgan fingerprint density at radius 1 is 1.56 bits per heavy atom. The van der Waals surface area contributed by atoms with Gasteiger partial charge in [-0.3, -0.25) is 9.59 Å². The smallest absolute Gasteiger partial charge is 0.319 e. The Hall–Kier alpha value is -1.78. The highest BCUT2D eigenvalue weighted by molar-refractivity contribution is 6.02. The zero-order valence-electron chi connectivity index (χ0n) is 10.3. The van der Waals surface area contributed by atoms with Crippen LogP contribution in [-0.4, -0.2) is 23.0 Å². The predicted molar refractivity (Wildman–Crippen MR) is 63.9 cm³/mol. The van der Waals surface area contributed by atoms with Crippen LogP contribution in [0.1, 0.15) is 31.9 Å². The van der Waals surface area contributed by atoms with E-state index in [1.165, 1.54) is 0 Å². The molecule has 0 radical (unpaired) electrons. The van der Waals surface area contributed by atoms with Gasteiger partial charge in [0.1, 0.15) is 11.2 Å². The summed E-state index contributed by atoms with van der Waals surface area (Å²) >= 11 is 0. The number of amides is 1. The second kappa shape index (κ2) is 4.84. The lowest BCUT2D eigenvalue weighted by atomic mass is 9.68. The number of carboxylic acid groups (broad SMARTS) is 1. The van der Waals surface area contributed by atoms with Crippen molar-refractivity contribution in [1.82, 2.24) is 5.32 Å². The molecule has 2 N–H and O–H groups in total. The number of rotatable bonds is 5. The molecule has 1 aromatic rings. The molecule has 0 aliphatic heterocycles. The molecule has 1 amide bonds. The average molecular weight is 251 g/mol. The van der Waals surface area contributed by atoms with E-state index in [0.717, 1.165) is 12.2 Å². The summed E-state index contributed by atoms with van der Waals surface area (Å²) in [7, 11) is 0. The highest BCUT2D eigenvalue weighted by Gasteiger charge is 2.51. The van der Waals surface area contributed by atoms with E-state index < -0.39 is 11.4 Å². The van der Waals surface area contributed by atoms with Crippen LogP contribution in [-0.2, 0) is 16.0 Å². The topological polar surface area (TPSA) is 79.5 Å². The molecule has 1 atom stereocenters. The van der Waals surface area contributed by atoms with Crippen molar-refractivity contribution >= 4 is 11.9 Å². The first-order valence-corrected chi connectivity index (χ1v) is 6.11. The van der Waals surface area contributed by atoms with Crippen LogP contribution in [0.5, 0.6) is 0 Å². The van der Waals surface area contributed by atoms with Crippen LogP contribution in [0.4, 0.5) is 0 Å². The van der Waals surface area contributed by atoms with E-state index >= 15 is 0 Å². The zero-order valence-corrected chi connectivity index (χ0v) is 10.3. The van der Waals surface area contributed by atoms with E-state index in [-0.39, 0.29) is 11.9 Å². The molecular weight excluding hydrogens is 234 g/mol. The lowest BCUT2D eigenvalue weighted by Gasteiger charge is -2.36. The van der Waals surface area contributed by atoms with Crippen molar-refractivity contribution in [1.29, 1.82) is 0 Å². The Kier molecular flexibility index (Phi) is 3.41. The van der Waals surface area contributed by atoms with Gasteiger partial charge < -0.3 is 14.8 Å². The van der Waals surface area contributed by atoms with Crippen molar-refractivity contribution < 1.29 is 19.1 Å². The molecule has 0 aromatic carbocycles. The van der Waals surface area contributed by atoms with Crippen LogP contribution in [0.15, 0.2) is 22.8 Å². The number of hydrogen-bond donors (Lipinski definition) is 2. The highest BCUT2D eigenvalue weighted by atomic mass is 16.4. The number of nitrogens with one attached hydrogen (secondary N) is 1. The van der Waals surface area contributed by atoms with Crippen LogP contribution in [0.2, 0.25) is 0 Å². The summed E-state index contributed by atoms with van der Waals surface area (Å²) in [6, 6.07) is 3.48. The molecular formula is C13H17NO4. The first-order chi connectivity index (χ1) is 8.54. The molecule has 1 unspecified atom stereocenters. The van der Waals surface area contributed by atoms with Crippen molar-refractivity contribution in [3.05, 3.63) is 24.2 Å². The van der Waals surface area contributed by atoms with Crippen molar-refractivity contribution in [2.24, 2.45) is 5.41 Å². The van der Waals surface area contributed by atoms with E-state index in [9.17, 15) is 9.59 Å². The number of furan rings is 1. The van der Waals surface area contributed by atoms with Gasteiger partial charge in [-0.2, -0.15) is 0 Å². The van der Waals surface area contributed by atoms with Crippen molar-refractivity contribution in [2.75, 3.05) is 0 Å². The third-order valence-corrected chi connectivity index (χ3v) is 3.52. The molecule has 0 saturated heterocycles. The van der Waals surface area contributed by atoms with Gasteiger partial charge in [0.15, 0.2) is 0 Å². The average Bonchev–Trinajstić information content (AvgIpc) is 2.66. The molecule has 1 aliphatic carbocycles. The molecule has 1 fully saturated rings. The maximum absolute atomic E-state index is 12.0. The minimum absolute atomic E-state index is 0.138. The molecule has 2 rings (SSSR count). The molecule has 0 spiro atoms. The first kappa shape index (κ1) is 12.7. The van der Waals surface area contributed by atoms with Crippen molar-refractivity contribution in [3.8, 4) is 0 Å². The van der Waals surface area contributed by atoms with Crippen LogP contribution in [0.3, 0.4) is 0 Å². The summed E-state index contributed by atoms with van der Waals surface area (Å²) < 4.78 is 5.19. The molecule has 18 heavy (non-hydrogen) atoms. The van der Waals surface area contributed by atoms with Crippen LogP contribution < -0.4 is 5.32 Å². The van der Waals surface area contributed by atoms with Gasteiger partial charge in [0.25, 0.3) is 0 Å². The van der Waals surface area contributed by atoms with Gasteiger partial charge in [-0.05, 0) is 31.9 Å². The van der Waals surface area contributed by atoms with E-state index in [1.807, 2.05) is 13.0 Å². The SMILES string of the molecule is CC(Cc1ccco1)NC(=O)C1(C(=O)O)CCC1. The summed E-state index contributed by atoms with van der Waals surface area (Å²) in [6.45, 7) is 1.84. The van der Waals surface area contributed by atoms with Gasteiger partial charge in [0, 0.05) is 12.5 Å². The Bertz CT molecular complexity index is 434. The first-order valence-electron chi connectivity index (χ1n) is 6.11. The Labute approximate surface area is 105 Å². The second-order valence-electron chi connectivity index (χ2n) is 4.90. The largest absolute Gasteiger partial charge is 0.480 e. The van der Waals surface area contributed by atoms with E-state index in [4.69, 9.17) is 9.52 Å². The molecule has 98 valence electrons. The van der Waals surface area contributed by atoms with E-state index in [0.29, 0.717) is 19.3 Å². The summed E-state index contributed by atoms with van der Waals surface area (Å²) in [4.78, 5) is 23.2. The normalized spacial score (nSPS) is 18.7. The fraction of sp³-hybridized carbons (Fsp3) is 0.538. The highest BCUT2D eigenvalue weighted by Crippen LogP contribution is 2.41. The second-order valence-corrected chi connectivity index (χ2v) is 4.90. The molecule has 5 heteroatoms. The van der Waals surface area contributed by atoms with Gasteiger partial charge >= 0.3 is 5.97 Å². The Morgan fingerprint density at radius 3 is 2.72 bits per heavy atom. The van der Waals surface area contributed by atoms with E-state index in [1.54, 1.807) is 12.3 Å². The van der Waals surface area contributed by atoms with Gasteiger partial charge in [0.05, 0.1) is 6.26 Å². The maximum atomic E-state index is 12.0. The Morgan fingerprint density at radius 2 is 2.28 bits per heavy atom. The third kappa shape index (κ3) is 2.25. The van der Waals surface area contributed by atoms with Crippen LogP contribution in [0, 0.1) is 5.41 Å². The number of hydrogen-bond acceptors (Lipinski definition) is 3. The van der Waals surface area contributed by atoms with Crippen LogP contribution in [0.25, 0.3) is 0 Å². The fourth-order valence-corrected chi connectivity index (χ4v) is 2.21. The number of carbonyl (C=O) groups is 2. The molecule has 1 heterocycles. The Balaban J connectivity index is 1.92. The molecule has 0 bridgehead atoms. The van der Waals surface area contributed by atoms with Gasteiger partial charge in [0.2, 0.25) is 5.91 Å². The number of aliphatic carboxylic acids is 1.